The van der Waals surface area contributed by atoms with Gasteiger partial charge in [0.2, 0.25) is 5.91 Å². The van der Waals surface area contributed by atoms with Gasteiger partial charge in [-0.25, -0.2) is 0 Å². The van der Waals surface area contributed by atoms with Gasteiger partial charge in [0.1, 0.15) is 0 Å². The van der Waals surface area contributed by atoms with Gasteiger partial charge in [-0.1, -0.05) is 6.08 Å². The van der Waals surface area contributed by atoms with E-state index in [1.165, 1.54) is 0 Å². The van der Waals surface area contributed by atoms with Gasteiger partial charge in [-0.3, -0.25) is 4.79 Å². The molecule has 1 aliphatic heterocycles. The molecule has 1 N–H and O–H groups in total. The van der Waals surface area contributed by atoms with Crippen LogP contribution in [0.1, 0.15) is 26.2 Å². The van der Waals surface area contributed by atoms with Crippen molar-refractivity contribution in [2.24, 2.45) is 0 Å². The average Bonchev–Trinajstić information content (AvgIpc) is 2.34. The molecule has 4 nitrogen and oxygen atoms in total. The van der Waals surface area contributed by atoms with E-state index in [1.54, 1.807) is 6.92 Å². The van der Waals surface area contributed by atoms with Crippen LogP contribution in [0.4, 0.5) is 0 Å². The summed E-state index contributed by atoms with van der Waals surface area (Å²) in [6.45, 7) is 9.44. The first kappa shape index (κ1) is 14.2. The summed E-state index contributed by atoms with van der Waals surface area (Å²) in [5, 5.41) is 3.47. The minimum Gasteiger partial charge on any atom is -0.380 e. The number of nitrogens with zero attached hydrogens (tertiary/aromatic N) is 1. The van der Waals surface area contributed by atoms with Crippen LogP contribution in [0.5, 0.6) is 0 Å². The number of nitrogens with one attached hydrogen (secondary N) is 1. The Balaban J connectivity index is 1.99. The third-order valence-electron chi connectivity index (χ3n) is 3.09. The predicted molar refractivity (Wildman–Crippen MR) is 68.9 cm³/mol. The zero-order valence-corrected chi connectivity index (χ0v) is 10.8. The van der Waals surface area contributed by atoms with Crippen molar-refractivity contribution in [1.82, 2.24) is 10.2 Å². The molecule has 0 aromatic carbocycles. The molecule has 1 rings (SSSR count). The van der Waals surface area contributed by atoms with Gasteiger partial charge in [0.25, 0.3) is 0 Å². The predicted octanol–water partition coefficient (Wildman–Crippen LogP) is 1.18. The lowest BCUT2D eigenvalue weighted by atomic mass is 10.1. The van der Waals surface area contributed by atoms with E-state index in [0.717, 1.165) is 52.1 Å². The number of hydrogen-bond donors (Lipinski definition) is 1. The van der Waals surface area contributed by atoms with Crippen LogP contribution >= 0.6 is 0 Å². The topological polar surface area (TPSA) is 41.6 Å². The highest BCUT2D eigenvalue weighted by Gasteiger charge is 2.19. The maximum Gasteiger partial charge on any atom is 0.219 e. The maximum atomic E-state index is 11.1. The van der Waals surface area contributed by atoms with E-state index in [-0.39, 0.29) is 5.91 Å². The van der Waals surface area contributed by atoms with Gasteiger partial charge in [0.05, 0.1) is 13.2 Å². The Labute approximate surface area is 104 Å². The summed E-state index contributed by atoms with van der Waals surface area (Å²) >= 11 is 0. The molecular weight excluding hydrogens is 216 g/mol. The average molecular weight is 240 g/mol. The van der Waals surface area contributed by atoms with Crippen molar-refractivity contribution in [3.05, 3.63) is 12.7 Å². The highest BCUT2D eigenvalue weighted by Crippen LogP contribution is 2.09. The van der Waals surface area contributed by atoms with Gasteiger partial charge in [-0.05, 0) is 19.3 Å². The number of carbonyl (C=O) groups excluding carboxylic acids is 1. The monoisotopic (exact) mass is 240 g/mol. The summed E-state index contributed by atoms with van der Waals surface area (Å²) in [6, 6.07) is 0.536. The van der Waals surface area contributed by atoms with Crippen LogP contribution in [-0.4, -0.2) is 49.7 Å². The Morgan fingerprint density at radius 2 is 2.18 bits per heavy atom. The van der Waals surface area contributed by atoms with Gasteiger partial charge in [-0.15, -0.1) is 6.58 Å². The SMILES string of the molecule is C=CCCOCCNC1CCN(C(C)=O)CC1. The van der Waals surface area contributed by atoms with Gasteiger partial charge in [0.15, 0.2) is 0 Å². The first-order chi connectivity index (χ1) is 8.24. The van der Waals surface area contributed by atoms with Crippen molar-refractivity contribution in [1.29, 1.82) is 0 Å². The molecule has 98 valence electrons. The molecule has 0 unspecified atom stereocenters. The molecule has 0 bridgehead atoms. The second kappa shape index (κ2) is 8.25. The van der Waals surface area contributed by atoms with Crippen LogP contribution in [0, 0.1) is 0 Å². The van der Waals surface area contributed by atoms with Gasteiger partial charge in [-0.2, -0.15) is 0 Å². The molecule has 0 aromatic rings. The third kappa shape index (κ3) is 5.84. The van der Waals surface area contributed by atoms with Crippen LogP contribution in [0.2, 0.25) is 0 Å². The zero-order chi connectivity index (χ0) is 12.5. The van der Waals surface area contributed by atoms with Crippen LogP contribution in [0.25, 0.3) is 0 Å². The highest BCUT2D eigenvalue weighted by molar-refractivity contribution is 5.73. The second-order valence-electron chi connectivity index (χ2n) is 4.42. The fourth-order valence-corrected chi connectivity index (χ4v) is 2.00. The smallest absolute Gasteiger partial charge is 0.219 e. The fourth-order valence-electron chi connectivity index (χ4n) is 2.00. The van der Waals surface area contributed by atoms with E-state index in [4.69, 9.17) is 4.74 Å². The quantitative estimate of drug-likeness (QED) is 0.537. The molecule has 1 aliphatic rings. The Hall–Kier alpha value is -0.870. The van der Waals surface area contributed by atoms with Crippen LogP contribution in [0.15, 0.2) is 12.7 Å². The summed E-state index contributed by atoms with van der Waals surface area (Å²) in [5.41, 5.74) is 0. The minimum atomic E-state index is 0.191. The molecule has 0 spiro atoms. The van der Waals surface area contributed by atoms with Crippen molar-refractivity contribution in [2.75, 3.05) is 32.8 Å². The van der Waals surface area contributed by atoms with E-state index in [9.17, 15) is 4.79 Å². The molecule has 1 heterocycles. The molecule has 0 saturated carbocycles. The molecule has 17 heavy (non-hydrogen) atoms. The van der Waals surface area contributed by atoms with Gasteiger partial charge in [0, 0.05) is 32.6 Å². The highest BCUT2D eigenvalue weighted by atomic mass is 16.5. The summed E-state index contributed by atoms with van der Waals surface area (Å²) in [6.07, 6.45) is 4.88. The van der Waals surface area contributed by atoms with Crippen molar-refractivity contribution in [3.8, 4) is 0 Å². The van der Waals surface area contributed by atoms with Gasteiger partial charge >= 0.3 is 0 Å². The van der Waals surface area contributed by atoms with E-state index < -0.39 is 0 Å². The van der Waals surface area contributed by atoms with Crippen molar-refractivity contribution in [3.63, 3.8) is 0 Å². The minimum absolute atomic E-state index is 0.191. The fraction of sp³-hybridized carbons (Fsp3) is 0.769. The standard InChI is InChI=1S/C13H24N2O2/c1-3-4-10-17-11-7-14-13-5-8-15(9-6-13)12(2)16/h3,13-14H,1,4-11H2,2H3. The number of rotatable bonds is 7. The molecule has 0 aliphatic carbocycles. The molecule has 1 saturated heterocycles. The van der Waals surface area contributed by atoms with Crippen molar-refractivity contribution >= 4 is 5.91 Å². The Kier molecular flexibility index (Phi) is 6.89. The van der Waals surface area contributed by atoms with E-state index >= 15 is 0 Å². The van der Waals surface area contributed by atoms with E-state index in [1.807, 2.05) is 11.0 Å². The van der Waals surface area contributed by atoms with Crippen molar-refractivity contribution < 1.29 is 9.53 Å². The third-order valence-corrected chi connectivity index (χ3v) is 3.09. The zero-order valence-electron chi connectivity index (χ0n) is 10.8. The van der Waals surface area contributed by atoms with E-state index in [2.05, 4.69) is 11.9 Å². The Morgan fingerprint density at radius 1 is 1.47 bits per heavy atom. The number of ether oxygens (including phenoxy) is 1. The van der Waals surface area contributed by atoms with Crippen molar-refractivity contribution in [2.45, 2.75) is 32.2 Å². The lowest BCUT2D eigenvalue weighted by Gasteiger charge is -2.31. The summed E-state index contributed by atoms with van der Waals surface area (Å²) in [5.74, 6) is 0.191. The Bertz CT molecular complexity index is 236. The van der Waals surface area contributed by atoms with E-state index in [0.29, 0.717) is 6.04 Å². The molecule has 4 heteroatoms. The number of carbonyl (C=O) groups is 1. The Morgan fingerprint density at radius 3 is 2.76 bits per heavy atom. The van der Waals surface area contributed by atoms with Gasteiger partial charge < -0.3 is 15.0 Å². The molecular formula is C13H24N2O2. The summed E-state index contributed by atoms with van der Waals surface area (Å²) in [7, 11) is 0. The lowest BCUT2D eigenvalue weighted by molar-refractivity contribution is -0.129. The number of amides is 1. The molecule has 0 aromatic heterocycles. The maximum absolute atomic E-state index is 11.1. The van der Waals surface area contributed by atoms with Crippen LogP contribution in [-0.2, 0) is 9.53 Å². The second-order valence-corrected chi connectivity index (χ2v) is 4.42. The first-order valence-electron chi connectivity index (χ1n) is 6.41. The van der Waals surface area contributed by atoms with Crippen LogP contribution in [0.3, 0.4) is 0 Å². The molecule has 1 fully saturated rings. The normalized spacial score (nSPS) is 17.1. The summed E-state index contributed by atoms with van der Waals surface area (Å²) in [4.78, 5) is 13.1. The largest absolute Gasteiger partial charge is 0.380 e. The van der Waals surface area contributed by atoms with Crippen LogP contribution < -0.4 is 5.32 Å². The number of hydrogen-bond acceptors (Lipinski definition) is 3. The lowest BCUT2D eigenvalue weighted by Crippen LogP contribution is -2.44. The summed E-state index contributed by atoms with van der Waals surface area (Å²) < 4.78 is 5.43. The first-order valence-corrected chi connectivity index (χ1v) is 6.41. The molecule has 0 radical (unpaired) electrons. The molecule has 0 atom stereocenters. The number of likely N-dealkylation sites (tertiary alicyclic amines) is 1. The molecule has 1 amide bonds. The number of piperidine rings is 1.